The number of methoxy groups -OCH3 is 1. The number of rotatable bonds is 9. The monoisotopic (exact) mass is 484 g/mol. The molecule has 2 aromatic rings. The second-order valence-electron chi connectivity index (χ2n) is 9.74. The van der Waals surface area contributed by atoms with Crippen LogP contribution in [0.5, 0.6) is 11.5 Å². The highest BCUT2D eigenvalue weighted by atomic mass is 32.1. The lowest BCUT2D eigenvalue weighted by Crippen LogP contribution is -2.49. The van der Waals surface area contributed by atoms with E-state index in [1.165, 1.54) is 4.88 Å². The van der Waals surface area contributed by atoms with Crippen LogP contribution in [0.3, 0.4) is 0 Å². The van der Waals surface area contributed by atoms with Crippen molar-refractivity contribution in [3.8, 4) is 11.5 Å². The highest BCUT2D eigenvalue weighted by Gasteiger charge is 2.35. The van der Waals surface area contributed by atoms with Crippen molar-refractivity contribution in [2.45, 2.75) is 52.0 Å². The average Bonchev–Trinajstić information content (AvgIpc) is 3.53. The number of fused-ring (bicyclic) bond motifs is 1. The minimum Gasteiger partial charge on any atom is -0.497 e. The van der Waals surface area contributed by atoms with Crippen LogP contribution in [0.1, 0.15) is 56.0 Å². The van der Waals surface area contributed by atoms with Crippen molar-refractivity contribution in [2.75, 3.05) is 33.4 Å². The summed E-state index contributed by atoms with van der Waals surface area (Å²) in [5, 5.41) is 2.09. The molecular weight excluding hydrogens is 448 g/mol. The van der Waals surface area contributed by atoms with Crippen LogP contribution in [-0.4, -0.2) is 55.0 Å². The van der Waals surface area contributed by atoms with Crippen LogP contribution < -0.4 is 9.47 Å². The maximum absolute atomic E-state index is 13.6. The molecule has 2 heterocycles. The summed E-state index contributed by atoms with van der Waals surface area (Å²) in [6, 6.07) is 9.47. The Morgan fingerprint density at radius 1 is 1.18 bits per heavy atom. The van der Waals surface area contributed by atoms with Crippen LogP contribution >= 0.6 is 11.3 Å². The van der Waals surface area contributed by atoms with Crippen LogP contribution in [0.25, 0.3) is 0 Å². The van der Waals surface area contributed by atoms with Gasteiger partial charge in [0.25, 0.3) is 0 Å². The van der Waals surface area contributed by atoms with Gasteiger partial charge in [-0.25, -0.2) is 0 Å². The average molecular weight is 485 g/mol. The first-order valence-corrected chi connectivity index (χ1v) is 13.3. The quantitative estimate of drug-likeness (QED) is 0.506. The van der Waals surface area contributed by atoms with Gasteiger partial charge in [-0.1, -0.05) is 32.8 Å². The molecule has 4 rings (SSSR count). The summed E-state index contributed by atoms with van der Waals surface area (Å²) >= 11 is 1.74. The molecule has 2 aliphatic rings. The van der Waals surface area contributed by atoms with E-state index in [-0.39, 0.29) is 30.3 Å². The van der Waals surface area contributed by atoms with Crippen molar-refractivity contribution in [2.24, 2.45) is 11.8 Å². The zero-order chi connectivity index (χ0) is 24.1. The summed E-state index contributed by atoms with van der Waals surface area (Å²) in [4.78, 5) is 31.9. The Balaban J connectivity index is 1.50. The Morgan fingerprint density at radius 3 is 2.68 bits per heavy atom. The Hall–Kier alpha value is -2.54. The number of hydrogen-bond donors (Lipinski definition) is 0. The molecule has 2 amide bonds. The number of thiophene rings is 1. The molecule has 0 saturated heterocycles. The maximum atomic E-state index is 13.6. The molecule has 7 heteroatoms. The maximum Gasteiger partial charge on any atom is 0.242 e. The molecule has 1 aromatic carbocycles. The van der Waals surface area contributed by atoms with Gasteiger partial charge in [-0.2, -0.15) is 0 Å². The Labute approximate surface area is 206 Å². The lowest BCUT2D eigenvalue weighted by molar-refractivity contribution is -0.145. The van der Waals surface area contributed by atoms with E-state index < -0.39 is 0 Å². The number of carbonyl (C=O) groups excluding carboxylic acids is 2. The van der Waals surface area contributed by atoms with E-state index in [0.717, 1.165) is 43.4 Å². The van der Waals surface area contributed by atoms with Crippen LogP contribution in [0, 0.1) is 11.8 Å². The summed E-state index contributed by atoms with van der Waals surface area (Å²) in [6.07, 6.45) is 4.95. The first kappa shape index (κ1) is 24.6. The fourth-order valence-electron chi connectivity index (χ4n) is 5.10. The van der Waals surface area contributed by atoms with Gasteiger partial charge in [-0.05, 0) is 54.3 Å². The molecule has 1 aliphatic carbocycles. The minimum absolute atomic E-state index is 0.00286. The first-order valence-electron chi connectivity index (χ1n) is 12.4. The van der Waals surface area contributed by atoms with Crippen LogP contribution in [0.2, 0.25) is 0 Å². The molecule has 1 unspecified atom stereocenters. The summed E-state index contributed by atoms with van der Waals surface area (Å²) < 4.78 is 11.5. The van der Waals surface area contributed by atoms with Crippen molar-refractivity contribution in [3.63, 3.8) is 0 Å². The highest BCUT2D eigenvalue weighted by Crippen LogP contribution is 2.34. The number of hydrogen-bond acceptors (Lipinski definition) is 5. The normalized spacial score (nSPS) is 18.1. The second kappa shape index (κ2) is 11.3. The third kappa shape index (κ3) is 5.74. The molecule has 0 N–H and O–H groups in total. The van der Waals surface area contributed by atoms with Crippen molar-refractivity contribution in [1.29, 1.82) is 0 Å². The largest absolute Gasteiger partial charge is 0.497 e. The third-order valence-electron chi connectivity index (χ3n) is 6.79. The molecule has 0 radical (unpaired) electrons. The number of ether oxygens (including phenoxy) is 2. The van der Waals surface area contributed by atoms with Gasteiger partial charge in [0, 0.05) is 30.0 Å². The summed E-state index contributed by atoms with van der Waals surface area (Å²) in [6.45, 7) is 5.96. The van der Waals surface area contributed by atoms with Gasteiger partial charge in [0.2, 0.25) is 11.8 Å². The third-order valence-corrected chi connectivity index (χ3v) is 7.79. The van der Waals surface area contributed by atoms with Crippen molar-refractivity contribution >= 4 is 23.2 Å². The molecule has 1 atom stereocenters. The first-order chi connectivity index (χ1) is 16.5. The zero-order valence-electron chi connectivity index (χ0n) is 20.5. The fraction of sp³-hybridized carbons (Fsp3) is 0.556. The SMILES string of the molecule is COc1cccc(OCC2c3ccsc3CCN2C(=O)CN(CC(C)C)C(=O)C2CCCC2)c1. The molecule has 6 nitrogen and oxygen atoms in total. The van der Waals surface area contributed by atoms with E-state index in [9.17, 15) is 9.59 Å². The lowest BCUT2D eigenvalue weighted by Gasteiger charge is -2.37. The van der Waals surface area contributed by atoms with Gasteiger partial charge in [-0.15, -0.1) is 11.3 Å². The van der Waals surface area contributed by atoms with Crippen LogP contribution in [0.4, 0.5) is 0 Å². The number of benzene rings is 1. The molecule has 184 valence electrons. The molecule has 1 aromatic heterocycles. The Morgan fingerprint density at radius 2 is 1.94 bits per heavy atom. The van der Waals surface area contributed by atoms with E-state index >= 15 is 0 Å². The van der Waals surface area contributed by atoms with Gasteiger partial charge < -0.3 is 19.3 Å². The van der Waals surface area contributed by atoms with Gasteiger partial charge in [-0.3, -0.25) is 9.59 Å². The highest BCUT2D eigenvalue weighted by molar-refractivity contribution is 7.10. The van der Waals surface area contributed by atoms with Gasteiger partial charge in [0.15, 0.2) is 0 Å². The predicted octanol–water partition coefficient (Wildman–Crippen LogP) is 4.94. The molecule has 1 aliphatic heterocycles. The molecular formula is C27H36N2O4S. The van der Waals surface area contributed by atoms with Crippen molar-refractivity contribution in [3.05, 3.63) is 46.2 Å². The molecule has 1 saturated carbocycles. The fourth-order valence-corrected chi connectivity index (χ4v) is 6.03. The summed E-state index contributed by atoms with van der Waals surface area (Å²) in [5.41, 5.74) is 1.16. The molecule has 1 fully saturated rings. The van der Waals surface area contributed by atoms with Crippen molar-refractivity contribution in [1.82, 2.24) is 9.80 Å². The van der Waals surface area contributed by atoms with Crippen molar-refractivity contribution < 1.29 is 19.1 Å². The van der Waals surface area contributed by atoms with Gasteiger partial charge in [0.1, 0.15) is 18.1 Å². The summed E-state index contributed by atoms with van der Waals surface area (Å²) in [5.74, 6) is 1.99. The molecule has 34 heavy (non-hydrogen) atoms. The minimum atomic E-state index is -0.170. The van der Waals surface area contributed by atoms with Gasteiger partial charge in [0.05, 0.1) is 19.7 Å². The lowest BCUT2D eigenvalue weighted by atomic mass is 10.00. The number of nitrogens with zero attached hydrogens (tertiary/aromatic N) is 2. The van der Waals surface area contributed by atoms with Crippen LogP contribution in [-0.2, 0) is 16.0 Å². The number of amides is 2. The number of carbonyl (C=O) groups is 2. The topological polar surface area (TPSA) is 59.1 Å². The van der Waals surface area contributed by atoms with E-state index in [0.29, 0.717) is 31.4 Å². The predicted molar refractivity (Wildman–Crippen MR) is 134 cm³/mol. The van der Waals surface area contributed by atoms with E-state index in [1.54, 1.807) is 18.4 Å². The van der Waals surface area contributed by atoms with E-state index in [1.807, 2.05) is 34.1 Å². The van der Waals surface area contributed by atoms with E-state index in [2.05, 4.69) is 25.3 Å². The Bertz CT molecular complexity index is 983. The summed E-state index contributed by atoms with van der Waals surface area (Å²) in [7, 11) is 1.63. The smallest absolute Gasteiger partial charge is 0.242 e. The molecule has 0 bridgehead atoms. The Kier molecular flexibility index (Phi) is 8.14. The standard InChI is InChI=1S/C27H36N2O4S/c1-19(2)16-28(27(31)20-7-4-5-8-20)17-26(30)29-13-11-25-23(12-14-34-25)24(29)18-33-22-10-6-9-21(15-22)32-3/h6,9-10,12,14-15,19-20,24H,4-5,7-8,11,13,16-18H2,1-3H3. The van der Waals surface area contributed by atoms with Crippen LogP contribution in [0.15, 0.2) is 35.7 Å². The van der Waals surface area contributed by atoms with Gasteiger partial charge >= 0.3 is 0 Å². The van der Waals surface area contributed by atoms with E-state index in [4.69, 9.17) is 9.47 Å². The molecule has 0 spiro atoms. The zero-order valence-corrected chi connectivity index (χ0v) is 21.3. The second-order valence-corrected chi connectivity index (χ2v) is 10.7.